The molecule has 0 bridgehead atoms. The van der Waals surface area contributed by atoms with Crippen molar-refractivity contribution in [2.45, 2.75) is 59.2 Å². The smallest absolute Gasteiger partial charge is 0.244 e. The van der Waals surface area contributed by atoms with Crippen LogP contribution in [0.3, 0.4) is 0 Å². The second-order valence-corrected chi connectivity index (χ2v) is 13.0. The molecule has 0 saturated carbocycles. The fraction of sp³-hybridized carbons (Fsp3) is 0.355. The Hall–Kier alpha value is -3.72. The van der Waals surface area contributed by atoms with E-state index in [0.717, 1.165) is 27.3 Å². The van der Waals surface area contributed by atoms with Crippen molar-refractivity contribution in [3.8, 4) is 0 Å². The van der Waals surface area contributed by atoms with Gasteiger partial charge in [0.2, 0.25) is 21.8 Å². The van der Waals surface area contributed by atoms with Crippen molar-refractivity contribution in [3.63, 3.8) is 0 Å². The van der Waals surface area contributed by atoms with Crippen LogP contribution in [0.25, 0.3) is 0 Å². The third kappa shape index (κ3) is 8.39. The van der Waals surface area contributed by atoms with Crippen molar-refractivity contribution < 1.29 is 22.4 Å². The van der Waals surface area contributed by atoms with Crippen LogP contribution in [-0.2, 0) is 32.6 Å². The monoisotopic (exact) mass is 567 g/mol. The molecule has 9 heteroatoms. The lowest BCUT2D eigenvalue weighted by molar-refractivity contribution is -0.140. The molecule has 0 aromatic heterocycles. The molecule has 40 heavy (non-hydrogen) atoms. The Morgan fingerprint density at radius 3 is 2.12 bits per heavy atom. The van der Waals surface area contributed by atoms with Gasteiger partial charge >= 0.3 is 0 Å². The summed E-state index contributed by atoms with van der Waals surface area (Å²) in [7, 11) is -3.88. The summed E-state index contributed by atoms with van der Waals surface area (Å²) in [6, 6.07) is 19.4. The van der Waals surface area contributed by atoms with Gasteiger partial charge in [-0.15, -0.1) is 0 Å². The minimum atomic E-state index is -3.88. The SMILES string of the molecule is Cc1ccc(N(CC(=O)N(Cc2ccccc2F)[C@H](Cc2ccccc2)C(=O)NC(C)(C)C)S(C)(=O)=O)cc1C. The summed E-state index contributed by atoms with van der Waals surface area (Å²) in [5.74, 6) is -1.57. The molecule has 0 aliphatic heterocycles. The van der Waals surface area contributed by atoms with E-state index in [9.17, 15) is 22.4 Å². The molecule has 3 rings (SSSR count). The largest absolute Gasteiger partial charge is 0.350 e. The van der Waals surface area contributed by atoms with Gasteiger partial charge in [-0.25, -0.2) is 12.8 Å². The number of nitrogens with one attached hydrogen (secondary N) is 1. The molecule has 0 fully saturated rings. The molecule has 0 heterocycles. The first kappa shape index (κ1) is 30.8. The van der Waals surface area contributed by atoms with Crippen molar-refractivity contribution in [1.82, 2.24) is 10.2 Å². The Morgan fingerprint density at radius 2 is 1.55 bits per heavy atom. The van der Waals surface area contributed by atoms with Gasteiger partial charge in [0.05, 0.1) is 11.9 Å². The number of benzene rings is 3. The van der Waals surface area contributed by atoms with E-state index >= 15 is 0 Å². The predicted molar refractivity (Wildman–Crippen MR) is 157 cm³/mol. The number of carbonyl (C=O) groups excluding carboxylic acids is 2. The number of nitrogens with zero attached hydrogens (tertiary/aromatic N) is 2. The van der Waals surface area contributed by atoms with Gasteiger partial charge in [0.15, 0.2) is 0 Å². The maximum absolute atomic E-state index is 14.8. The van der Waals surface area contributed by atoms with Crippen LogP contribution in [0.5, 0.6) is 0 Å². The summed E-state index contributed by atoms with van der Waals surface area (Å²) < 4.78 is 41.6. The van der Waals surface area contributed by atoms with Crippen molar-refractivity contribution in [2.24, 2.45) is 0 Å². The summed E-state index contributed by atoms with van der Waals surface area (Å²) in [5.41, 5.74) is 2.60. The summed E-state index contributed by atoms with van der Waals surface area (Å²) in [5, 5.41) is 2.95. The highest BCUT2D eigenvalue weighted by atomic mass is 32.2. The molecule has 0 saturated heterocycles. The van der Waals surface area contributed by atoms with Gasteiger partial charge < -0.3 is 10.2 Å². The van der Waals surface area contributed by atoms with Crippen LogP contribution in [0.15, 0.2) is 72.8 Å². The topological polar surface area (TPSA) is 86.8 Å². The highest BCUT2D eigenvalue weighted by Crippen LogP contribution is 2.23. The maximum Gasteiger partial charge on any atom is 0.244 e. The number of sulfonamides is 1. The van der Waals surface area contributed by atoms with Crippen molar-refractivity contribution in [2.75, 3.05) is 17.1 Å². The molecule has 0 radical (unpaired) electrons. The lowest BCUT2D eigenvalue weighted by Gasteiger charge is -2.35. The molecule has 1 atom stereocenters. The van der Waals surface area contributed by atoms with Gasteiger partial charge in [-0.2, -0.15) is 0 Å². The standard InChI is InChI=1S/C31H38FN3O4S/c1-22-16-17-26(18-23(22)2)35(40(6,38)39)21-29(36)34(20-25-14-10-11-15-27(25)32)28(30(37)33-31(3,4)5)19-24-12-8-7-9-13-24/h7-18,28H,19-21H2,1-6H3,(H,33,37)/t28-/m1/s1. The van der Waals surface area contributed by atoms with E-state index in [4.69, 9.17) is 0 Å². The molecular weight excluding hydrogens is 529 g/mol. The number of rotatable bonds is 10. The number of aryl methyl sites for hydroxylation is 2. The number of anilines is 1. The molecule has 2 amide bonds. The van der Waals surface area contributed by atoms with E-state index in [1.807, 2.05) is 65.0 Å². The third-order valence-corrected chi connectivity index (χ3v) is 7.67. The van der Waals surface area contributed by atoms with Gasteiger partial charge in [0.1, 0.15) is 18.4 Å². The van der Waals surface area contributed by atoms with Crippen LogP contribution in [0, 0.1) is 19.7 Å². The zero-order chi connectivity index (χ0) is 29.7. The van der Waals surface area contributed by atoms with Gasteiger partial charge in [-0.1, -0.05) is 54.6 Å². The second-order valence-electron chi connectivity index (χ2n) is 11.1. The quantitative estimate of drug-likeness (QED) is 0.383. The van der Waals surface area contributed by atoms with Crippen molar-refractivity contribution >= 4 is 27.5 Å². The molecule has 7 nitrogen and oxygen atoms in total. The van der Waals surface area contributed by atoms with Gasteiger partial charge in [0.25, 0.3) is 0 Å². The van der Waals surface area contributed by atoms with E-state index < -0.39 is 45.8 Å². The summed E-state index contributed by atoms with van der Waals surface area (Å²) in [4.78, 5) is 29.0. The molecule has 0 aliphatic carbocycles. The molecule has 3 aromatic carbocycles. The fourth-order valence-electron chi connectivity index (χ4n) is 4.31. The summed E-state index contributed by atoms with van der Waals surface area (Å²) in [6.45, 7) is 8.50. The summed E-state index contributed by atoms with van der Waals surface area (Å²) >= 11 is 0. The Kier molecular flexibility index (Phi) is 9.73. The molecule has 3 aromatic rings. The molecule has 0 unspecified atom stereocenters. The van der Waals surface area contributed by atoms with Crippen LogP contribution < -0.4 is 9.62 Å². The molecule has 0 spiro atoms. The Labute approximate surface area is 237 Å². The minimum absolute atomic E-state index is 0.158. The van der Waals surface area contributed by atoms with E-state index in [1.54, 1.807) is 36.4 Å². The number of hydrogen-bond donors (Lipinski definition) is 1. The first-order chi connectivity index (χ1) is 18.7. The first-order valence-corrected chi connectivity index (χ1v) is 14.9. The molecule has 0 aliphatic rings. The highest BCUT2D eigenvalue weighted by Gasteiger charge is 2.34. The number of carbonyl (C=O) groups is 2. The normalized spacial score (nSPS) is 12.5. The van der Waals surface area contributed by atoms with Crippen molar-refractivity contribution in [1.29, 1.82) is 0 Å². The lowest BCUT2D eigenvalue weighted by atomic mass is 10.0. The number of amides is 2. The van der Waals surface area contributed by atoms with Crippen LogP contribution in [0.1, 0.15) is 43.0 Å². The Morgan fingerprint density at radius 1 is 0.925 bits per heavy atom. The molecule has 214 valence electrons. The van der Waals surface area contributed by atoms with Crippen LogP contribution in [-0.4, -0.2) is 49.5 Å². The maximum atomic E-state index is 14.8. The minimum Gasteiger partial charge on any atom is -0.350 e. The van der Waals surface area contributed by atoms with E-state index in [-0.39, 0.29) is 18.5 Å². The number of hydrogen-bond acceptors (Lipinski definition) is 4. The third-order valence-electron chi connectivity index (χ3n) is 6.53. The van der Waals surface area contributed by atoms with E-state index in [0.29, 0.717) is 5.69 Å². The Balaban J connectivity index is 2.10. The lowest BCUT2D eigenvalue weighted by Crippen LogP contribution is -2.56. The van der Waals surface area contributed by atoms with Gasteiger partial charge in [-0.3, -0.25) is 13.9 Å². The fourth-order valence-corrected chi connectivity index (χ4v) is 5.15. The zero-order valence-corrected chi connectivity index (χ0v) is 24.8. The summed E-state index contributed by atoms with van der Waals surface area (Å²) in [6.07, 6.45) is 1.19. The van der Waals surface area contributed by atoms with Crippen molar-refractivity contribution in [3.05, 3.63) is 101 Å². The van der Waals surface area contributed by atoms with Crippen LogP contribution in [0.2, 0.25) is 0 Å². The van der Waals surface area contributed by atoms with Gasteiger partial charge in [0, 0.05) is 24.1 Å². The zero-order valence-electron chi connectivity index (χ0n) is 23.9. The molecule has 1 N–H and O–H groups in total. The van der Waals surface area contributed by atoms with E-state index in [1.165, 1.54) is 11.0 Å². The number of halogens is 1. The van der Waals surface area contributed by atoms with E-state index in [2.05, 4.69) is 5.32 Å². The average Bonchev–Trinajstić information content (AvgIpc) is 2.86. The average molecular weight is 568 g/mol. The molecular formula is C31H38FN3O4S. The first-order valence-electron chi connectivity index (χ1n) is 13.1. The van der Waals surface area contributed by atoms with Crippen LogP contribution in [0.4, 0.5) is 10.1 Å². The Bertz CT molecular complexity index is 1450. The van der Waals surface area contributed by atoms with Gasteiger partial charge in [-0.05, 0) is 69.5 Å². The predicted octanol–water partition coefficient (Wildman–Crippen LogP) is 4.76. The second kappa shape index (κ2) is 12.6. The highest BCUT2D eigenvalue weighted by molar-refractivity contribution is 7.92. The van der Waals surface area contributed by atoms with Crippen LogP contribution >= 0.6 is 0 Å².